The highest BCUT2D eigenvalue weighted by atomic mass is 19.1. The van der Waals surface area contributed by atoms with Crippen molar-refractivity contribution in [3.05, 3.63) is 68.1 Å². The number of fused-ring (bicyclic) bond motifs is 1. The lowest BCUT2D eigenvalue weighted by Gasteiger charge is -2.36. The number of hydrogen-bond donors (Lipinski definition) is 3. The molecule has 0 spiro atoms. The molecule has 3 N–H and O–H groups in total. The lowest BCUT2D eigenvalue weighted by Crippen LogP contribution is -2.49. The number of benzene rings is 1. The Balaban J connectivity index is 1.12. The first kappa shape index (κ1) is 29.8. The Labute approximate surface area is 245 Å². The predicted octanol–water partition coefficient (Wildman–Crippen LogP) is 1.98. The number of pyridine rings is 2. The molecule has 12 nitrogen and oxygen atoms in total. The molecule has 2 fully saturated rings. The number of anilines is 1. The summed E-state index contributed by atoms with van der Waals surface area (Å²) in [4.78, 5) is 64.3. The van der Waals surface area contributed by atoms with Crippen molar-refractivity contribution >= 4 is 34.4 Å². The topological polar surface area (TPSA) is 154 Å². The number of carboxylic acid groups (broad SMARTS) is 1. The van der Waals surface area contributed by atoms with Gasteiger partial charge in [0.15, 0.2) is 5.75 Å². The summed E-state index contributed by atoms with van der Waals surface area (Å²) in [7, 11) is 0. The van der Waals surface area contributed by atoms with Crippen molar-refractivity contribution in [1.82, 2.24) is 19.4 Å². The van der Waals surface area contributed by atoms with E-state index in [9.17, 15) is 34.2 Å². The van der Waals surface area contributed by atoms with Crippen LogP contribution in [0, 0.1) is 12.7 Å². The fourth-order valence-corrected chi connectivity index (χ4v) is 5.45. The fraction of sp³-hybridized carbons (Fsp3) is 0.433. The number of hydrogen-bond acceptors (Lipinski definition) is 7. The van der Waals surface area contributed by atoms with E-state index in [4.69, 9.17) is 0 Å². The van der Waals surface area contributed by atoms with Crippen LogP contribution in [-0.4, -0.2) is 74.8 Å². The van der Waals surface area contributed by atoms with E-state index < -0.39 is 22.6 Å². The van der Waals surface area contributed by atoms with Crippen molar-refractivity contribution in [3.63, 3.8) is 0 Å². The Morgan fingerprint density at radius 3 is 2.42 bits per heavy atom. The van der Waals surface area contributed by atoms with E-state index in [1.165, 1.54) is 18.5 Å². The zero-order valence-electron chi connectivity index (χ0n) is 23.8. The second-order valence-corrected chi connectivity index (χ2v) is 11.1. The van der Waals surface area contributed by atoms with Gasteiger partial charge in [0.1, 0.15) is 11.4 Å². The van der Waals surface area contributed by atoms with Crippen LogP contribution in [0.5, 0.6) is 5.75 Å². The summed E-state index contributed by atoms with van der Waals surface area (Å²) in [6.07, 6.45) is 5.08. The standard InChI is InChI=1S/C30H34FN5O7/c1-18-13-25(37)26(38)17-35(18)8-2-7-32-27(39)5-6-28(40)34-11-9-33(10-12-34)24-15-23-20(14-22(24)31)29(41)21(30(42)43)16-36(23)19-3-4-19/h13-17,19,38H,2-12H2,1H3,(H,32,39)(H,42,43). The average molecular weight is 596 g/mol. The first-order valence-corrected chi connectivity index (χ1v) is 14.3. The third kappa shape index (κ3) is 6.55. The van der Waals surface area contributed by atoms with Gasteiger partial charge in [-0.3, -0.25) is 19.2 Å². The van der Waals surface area contributed by atoms with E-state index >= 15 is 4.39 Å². The summed E-state index contributed by atoms with van der Waals surface area (Å²) in [5.41, 5.74) is -0.0413. The minimum atomic E-state index is -1.34. The zero-order chi connectivity index (χ0) is 30.8. The van der Waals surface area contributed by atoms with Gasteiger partial charge in [-0.15, -0.1) is 0 Å². The summed E-state index contributed by atoms with van der Waals surface area (Å²) in [6, 6.07) is 4.13. The largest absolute Gasteiger partial charge is 0.503 e. The highest BCUT2D eigenvalue weighted by molar-refractivity contribution is 5.93. The van der Waals surface area contributed by atoms with E-state index in [1.807, 2.05) is 4.90 Å². The van der Waals surface area contributed by atoms with E-state index in [2.05, 4.69) is 5.32 Å². The van der Waals surface area contributed by atoms with Gasteiger partial charge in [-0.1, -0.05) is 0 Å². The molecule has 2 aliphatic rings. The SMILES string of the molecule is Cc1cc(=O)c(O)cn1CCCNC(=O)CCC(=O)N1CCN(c2cc3c(cc2F)c(=O)c(C(=O)O)cn3C2CC2)CC1. The molecule has 2 aromatic heterocycles. The third-order valence-corrected chi connectivity index (χ3v) is 8.03. The zero-order valence-corrected chi connectivity index (χ0v) is 23.8. The van der Waals surface area contributed by atoms with Gasteiger partial charge in [0.05, 0.1) is 17.4 Å². The van der Waals surface area contributed by atoms with Gasteiger partial charge in [-0.05, 0) is 38.3 Å². The van der Waals surface area contributed by atoms with E-state index in [-0.39, 0.29) is 47.4 Å². The Hall–Kier alpha value is -4.68. The normalized spacial score (nSPS) is 15.1. The van der Waals surface area contributed by atoms with Gasteiger partial charge in [0.2, 0.25) is 22.7 Å². The molecule has 0 bridgehead atoms. The summed E-state index contributed by atoms with van der Waals surface area (Å²) in [5.74, 6) is -2.72. The van der Waals surface area contributed by atoms with Crippen molar-refractivity contribution < 1.29 is 29.0 Å². The van der Waals surface area contributed by atoms with Gasteiger partial charge >= 0.3 is 5.97 Å². The molecule has 1 aromatic carbocycles. The molecule has 1 saturated carbocycles. The number of aryl methyl sites for hydroxylation is 2. The molecule has 13 heteroatoms. The molecule has 0 radical (unpaired) electrons. The summed E-state index contributed by atoms with van der Waals surface area (Å²) in [6.45, 7) is 4.05. The van der Waals surface area contributed by atoms with Crippen LogP contribution in [0.2, 0.25) is 0 Å². The molecule has 2 amide bonds. The number of nitrogens with one attached hydrogen (secondary N) is 1. The van der Waals surface area contributed by atoms with Gasteiger partial charge in [-0.25, -0.2) is 9.18 Å². The van der Waals surface area contributed by atoms with Crippen molar-refractivity contribution in [2.24, 2.45) is 0 Å². The van der Waals surface area contributed by atoms with E-state index in [1.54, 1.807) is 27.0 Å². The molecular formula is C30H34FN5O7. The molecule has 3 aromatic rings. The molecule has 0 atom stereocenters. The maximum absolute atomic E-state index is 15.2. The molecule has 3 heterocycles. The summed E-state index contributed by atoms with van der Waals surface area (Å²) >= 11 is 0. The number of nitrogens with zero attached hydrogens (tertiary/aromatic N) is 4. The van der Waals surface area contributed by atoms with Crippen molar-refractivity contribution in [2.75, 3.05) is 37.6 Å². The van der Waals surface area contributed by atoms with Crippen LogP contribution < -0.4 is 21.1 Å². The molecule has 43 heavy (non-hydrogen) atoms. The number of piperazine rings is 1. The molecule has 228 valence electrons. The molecule has 5 rings (SSSR count). The van der Waals surface area contributed by atoms with Crippen LogP contribution in [0.4, 0.5) is 10.1 Å². The number of carboxylic acids is 1. The lowest BCUT2D eigenvalue weighted by atomic mass is 10.1. The number of carbonyl (C=O) groups is 3. The third-order valence-electron chi connectivity index (χ3n) is 8.03. The van der Waals surface area contributed by atoms with Crippen LogP contribution >= 0.6 is 0 Å². The number of aromatic nitrogens is 2. The van der Waals surface area contributed by atoms with Crippen molar-refractivity contribution in [1.29, 1.82) is 0 Å². The van der Waals surface area contributed by atoms with Gasteiger partial charge < -0.3 is 34.5 Å². The quantitative estimate of drug-likeness (QED) is 0.301. The van der Waals surface area contributed by atoms with E-state index in [0.29, 0.717) is 62.6 Å². The predicted molar refractivity (Wildman–Crippen MR) is 156 cm³/mol. The smallest absolute Gasteiger partial charge is 0.341 e. The minimum Gasteiger partial charge on any atom is -0.503 e. The Bertz CT molecular complexity index is 1700. The first-order chi connectivity index (χ1) is 20.5. The minimum absolute atomic E-state index is 0.0335. The number of aromatic hydroxyl groups is 1. The van der Waals surface area contributed by atoms with Crippen LogP contribution in [0.1, 0.15) is 54.2 Å². The highest BCUT2D eigenvalue weighted by Gasteiger charge is 2.29. The monoisotopic (exact) mass is 595 g/mol. The van der Waals surface area contributed by atoms with Crippen LogP contribution in [0.25, 0.3) is 10.9 Å². The van der Waals surface area contributed by atoms with Crippen molar-refractivity contribution in [2.45, 2.75) is 51.6 Å². The van der Waals surface area contributed by atoms with Crippen molar-refractivity contribution in [3.8, 4) is 5.75 Å². The molecule has 0 unspecified atom stereocenters. The molecule has 1 saturated heterocycles. The van der Waals surface area contributed by atoms with E-state index in [0.717, 1.165) is 18.9 Å². The number of aromatic carboxylic acids is 1. The highest BCUT2D eigenvalue weighted by Crippen LogP contribution is 2.38. The van der Waals surface area contributed by atoms with Gasteiger partial charge in [0.25, 0.3) is 0 Å². The second-order valence-electron chi connectivity index (χ2n) is 11.1. The molecule has 1 aliphatic heterocycles. The number of halogens is 1. The van der Waals surface area contributed by atoms with Gasteiger partial charge in [0, 0.05) is 81.5 Å². The number of carbonyl (C=O) groups excluding carboxylic acids is 2. The maximum Gasteiger partial charge on any atom is 0.341 e. The molecule has 1 aliphatic carbocycles. The Kier molecular flexibility index (Phi) is 8.51. The molecular weight excluding hydrogens is 561 g/mol. The Morgan fingerprint density at radius 1 is 1.02 bits per heavy atom. The van der Waals surface area contributed by atoms with Gasteiger partial charge in [-0.2, -0.15) is 0 Å². The van der Waals surface area contributed by atoms with Crippen LogP contribution in [-0.2, 0) is 16.1 Å². The van der Waals surface area contributed by atoms with Crippen LogP contribution in [0.15, 0.2) is 40.2 Å². The average Bonchev–Trinajstić information content (AvgIpc) is 3.82. The number of rotatable bonds is 10. The Morgan fingerprint density at radius 2 is 1.74 bits per heavy atom. The first-order valence-electron chi connectivity index (χ1n) is 14.3. The fourth-order valence-electron chi connectivity index (χ4n) is 5.45. The second kappa shape index (κ2) is 12.3. The summed E-state index contributed by atoms with van der Waals surface area (Å²) in [5, 5.41) is 21.9. The maximum atomic E-state index is 15.2. The van der Waals surface area contributed by atoms with Crippen LogP contribution in [0.3, 0.4) is 0 Å². The number of amides is 2. The summed E-state index contributed by atoms with van der Waals surface area (Å²) < 4.78 is 18.7. The lowest BCUT2D eigenvalue weighted by molar-refractivity contribution is -0.133.